The molecule has 0 saturated carbocycles. The molecule has 0 spiro atoms. The normalized spacial score (nSPS) is 12.8. The van der Waals surface area contributed by atoms with Gasteiger partial charge in [-0.05, 0) is 24.5 Å². The summed E-state index contributed by atoms with van der Waals surface area (Å²) in [5, 5.41) is 11.4. The van der Waals surface area contributed by atoms with Gasteiger partial charge in [-0.1, -0.05) is 13.8 Å². The first-order chi connectivity index (χ1) is 7.57. The monoisotopic (exact) mass is 248 g/mol. The van der Waals surface area contributed by atoms with Gasteiger partial charge in [0.25, 0.3) is 0 Å². The van der Waals surface area contributed by atoms with Crippen molar-refractivity contribution in [3.8, 4) is 0 Å². The Bertz CT molecular complexity index is 189. The predicted octanol–water partition coefficient (Wildman–Crippen LogP) is 0.592. The molecule has 1 amide bonds. The predicted molar refractivity (Wildman–Crippen MR) is 69.5 cm³/mol. The minimum Gasteiger partial charge on any atom is -0.396 e. The van der Waals surface area contributed by atoms with Gasteiger partial charge in [-0.15, -0.1) is 0 Å². The van der Waals surface area contributed by atoms with Crippen molar-refractivity contribution in [3.63, 3.8) is 0 Å². The lowest BCUT2D eigenvalue weighted by atomic mass is 10.0. The Morgan fingerprint density at radius 1 is 1.44 bits per heavy atom. The third-order valence-corrected chi connectivity index (χ3v) is 3.12. The van der Waals surface area contributed by atoms with Gasteiger partial charge in [0.15, 0.2) is 0 Å². The highest BCUT2D eigenvalue weighted by Crippen LogP contribution is 2.03. The lowest BCUT2D eigenvalue weighted by Crippen LogP contribution is -2.42. The zero-order valence-corrected chi connectivity index (χ0v) is 11.1. The fourth-order valence-corrected chi connectivity index (χ4v) is 2.04. The molecule has 0 aliphatic carbocycles. The van der Waals surface area contributed by atoms with Crippen LogP contribution in [0.2, 0.25) is 0 Å². The van der Waals surface area contributed by atoms with E-state index in [0.717, 1.165) is 24.3 Å². The van der Waals surface area contributed by atoms with Crippen molar-refractivity contribution in [2.75, 3.05) is 24.7 Å². The number of nitrogens with two attached hydrogens (primary N) is 1. The Morgan fingerprint density at radius 3 is 2.69 bits per heavy atom. The Kier molecular flexibility index (Phi) is 9.77. The summed E-state index contributed by atoms with van der Waals surface area (Å²) in [5.74, 6) is 2.20. The van der Waals surface area contributed by atoms with Crippen molar-refractivity contribution < 1.29 is 9.90 Å². The molecule has 5 heteroatoms. The second-order valence-corrected chi connectivity index (χ2v) is 5.44. The lowest BCUT2D eigenvalue weighted by molar-refractivity contribution is -0.122. The van der Waals surface area contributed by atoms with Crippen molar-refractivity contribution in [2.24, 2.45) is 11.7 Å². The first-order valence-corrected chi connectivity index (χ1v) is 6.95. The van der Waals surface area contributed by atoms with Crippen molar-refractivity contribution in [3.05, 3.63) is 0 Å². The minimum absolute atomic E-state index is 0.0588. The number of carbonyl (C=O) groups excluding carboxylic acids is 1. The van der Waals surface area contributed by atoms with Gasteiger partial charge in [-0.3, -0.25) is 4.79 Å². The summed E-state index contributed by atoms with van der Waals surface area (Å²) in [6.45, 7) is 5.00. The van der Waals surface area contributed by atoms with Crippen LogP contribution in [0.1, 0.15) is 26.7 Å². The van der Waals surface area contributed by atoms with Crippen LogP contribution < -0.4 is 11.1 Å². The zero-order valence-electron chi connectivity index (χ0n) is 10.2. The number of nitrogens with one attached hydrogen (secondary N) is 1. The lowest BCUT2D eigenvalue weighted by Gasteiger charge is -2.13. The van der Waals surface area contributed by atoms with Crippen LogP contribution in [0.3, 0.4) is 0 Å². The van der Waals surface area contributed by atoms with E-state index in [4.69, 9.17) is 10.8 Å². The second-order valence-electron chi connectivity index (χ2n) is 4.22. The number of aliphatic hydroxyl groups excluding tert-OH is 1. The Morgan fingerprint density at radius 2 is 2.12 bits per heavy atom. The van der Waals surface area contributed by atoms with Crippen molar-refractivity contribution >= 4 is 17.7 Å². The molecule has 16 heavy (non-hydrogen) atoms. The quantitative estimate of drug-likeness (QED) is 0.522. The highest BCUT2D eigenvalue weighted by Gasteiger charge is 2.13. The molecule has 0 aromatic carbocycles. The van der Waals surface area contributed by atoms with E-state index in [-0.39, 0.29) is 18.6 Å². The molecule has 0 aliphatic heterocycles. The topological polar surface area (TPSA) is 75.4 Å². The van der Waals surface area contributed by atoms with Gasteiger partial charge in [-0.2, -0.15) is 11.8 Å². The van der Waals surface area contributed by atoms with Gasteiger partial charge in [0.1, 0.15) is 0 Å². The smallest absolute Gasteiger partial charge is 0.236 e. The van der Waals surface area contributed by atoms with Crippen LogP contribution >= 0.6 is 11.8 Å². The van der Waals surface area contributed by atoms with Gasteiger partial charge in [-0.25, -0.2) is 0 Å². The third-order valence-electron chi connectivity index (χ3n) is 2.05. The second kappa shape index (κ2) is 9.93. The van der Waals surface area contributed by atoms with E-state index in [1.165, 1.54) is 0 Å². The summed E-state index contributed by atoms with van der Waals surface area (Å²) in [7, 11) is 0. The zero-order chi connectivity index (χ0) is 12.4. The number of hydrogen-bond acceptors (Lipinski definition) is 4. The molecular formula is C11H24N2O2S. The van der Waals surface area contributed by atoms with E-state index in [1.54, 1.807) is 11.8 Å². The first kappa shape index (κ1) is 15.7. The Hall–Kier alpha value is -0.260. The van der Waals surface area contributed by atoms with E-state index in [1.807, 2.05) is 0 Å². The van der Waals surface area contributed by atoms with Gasteiger partial charge >= 0.3 is 0 Å². The molecule has 96 valence electrons. The molecule has 0 saturated heterocycles. The molecule has 0 rings (SSSR count). The van der Waals surface area contributed by atoms with Crippen LogP contribution in [-0.4, -0.2) is 41.7 Å². The van der Waals surface area contributed by atoms with Crippen LogP contribution in [0, 0.1) is 5.92 Å². The molecule has 1 atom stereocenters. The van der Waals surface area contributed by atoms with Crippen molar-refractivity contribution in [1.29, 1.82) is 0 Å². The summed E-state index contributed by atoms with van der Waals surface area (Å²) in [6, 6.07) is -0.387. The average Bonchev–Trinajstić information content (AvgIpc) is 2.21. The van der Waals surface area contributed by atoms with Crippen LogP contribution in [-0.2, 0) is 4.79 Å². The minimum atomic E-state index is -0.387. The first-order valence-electron chi connectivity index (χ1n) is 5.79. The molecule has 0 heterocycles. The van der Waals surface area contributed by atoms with E-state index < -0.39 is 0 Å². The van der Waals surface area contributed by atoms with E-state index in [2.05, 4.69) is 19.2 Å². The van der Waals surface area contributed by atoms with Crippen molar-refractivity contribution in [1.82, 2.24) is 5.32 Å². The number of rotatable bonds is 9. The third kappa shape index (κ3) is 9.00. The number of aliphatic hydroxyl groups is 1. The average molecular weight is 248 g/mol. The molecular weight excluding hydrogens is 224 g/mol. The SMILES string of the molecule is CC(C)CC(N)C(=O)NCCSCCCO. The molecule has 4 nitrogen and oxygen atoms in total. The molecule has 4 N–H and O–H groups in total. The molecule has 1 unspecified atom stereocenters. The molecule has 0 aromatic rings. The maximum atomic E-state index is 11.5. The summed E-state index contributed by atoms with van der Waals surface area (Å²) in [6.07, 6.45) is 1.54. The Labute approximate surface area is 102 Å². The summed E-state index contributed by atoms with van der Waals surface area (Å²) in [4.78, 5) is 11.5. The summed E-state index contributed by atoms with van der Waals surface area (Å²) in [5.41, 5.74) is 5.73. The molecule has 0 bridgehead atoms. The maximum absolute atomic E-state index is 11.5. The molecule has 0 aliphatic rings. The van der Waals surface area contributed by atoms with Crippen LogP contribution in [0.25, 0.3) is 0 Å². The van der Waals surface area contributed by atoms with Crippen LogP contribution in [0.5, 0.6) is 0 Å². The highest BCUT2D eigenvalue weighted by atomic mass is 32.2. The van der Waals surface area contributed by atoms with Crippen molar-refractivity contribution in [2.45, 2.75) is 32.7 Å². The van der Waals surface area contributed by atoms with Crippen LogP contribution in [0.4, 0.5) is 0 Å². The van der Waals surface area contributed by atoms with Crippen LogP contribution in [0.15, 0.2) is 0 Å². The summed E-state index contributed by atoms with van der Waals surface area (Å²) < 4.78 is 0. The fourth-order valence-electron chi connectivity index (χ4n) is 1.26. The van der Waals surface area contributed by atoms with E-state index >= 15 is 0 Å². The Balaban J connectivity index is 3.42. The van der Waals surface area contributed by atoms with Gasteiger partial charge in [0.05, 0.1) is 6.04 Å². The van der Waals surface area contributed by atoms with Gasteiger partial charge in [0.2, 0.25) is 5.91 Å². The van der Waals surface area contributed by atoms with Gasteiger partial charge < -0.3 is 16.2 Å². The van der Waals surface area contributed by atoms with E-state index in [9.17, 15) is 4.79 Å². The fraction of sp³-hybridized carbons (Fsp3) is 0.909. The largest absolute Gasteiger partial charge is 0.396 e. The number of thioether (sulfide) groups is 1. The molecule has 0 radical (unpaired) electrons. The molecule has 0 aromatic heterocycles. The number of hydrogen-bond donors (Lipinski definition) is 3. The van der Waals surface area contributed by atoms with E-state index in [0.29, 0.717) is 12.5 Å². The standard InChI is InChI=1S/C11H24N2O2S/c1-9(2)8-10(12)11(15)13-4-7-16-6-3-5-14/h9-10,14H,3-8,12H2,1-2H3,(H,13,15). The maximum Gasteiger partial charge on any atom is 0.236 e. The summed E-state index contributed by atoms with van der Waals surface area (Å²) >= 11 is 1.73. The number of amides is 1. The molecule has 0 fully saturated rings. The van der Waals surface area contributed by atoms with Gasteiger partial charge in [0, 0.05) is 18.9 Å². The number of carbonyl (C=O) groups is 1. The highest BCUT2D eigenvalue weighted by molar-refractivity contribution is 7.99.